The summed E-state index contributed by atoms with van der Waals surface area (Å²) >= 11 is 0. The van der Waals surface area contributed by atoms with Gasteiger partial charge >= 0.3 is 0 Å². The molecular weight excluding hydrogens is 362 g/mol. The number of carbonyl (C=O) groups excluding carboxylic acids is 1. The number of rotatable bonds is 4. The van der Waals surface area contributed by atoms with Gasteiger partial charge in [-0.15, -0.1) is 0 Å². The number of carbonyl (C=O) groups is 1. The van der Waals surface area contributed by atoms with Gasteiger partial charge in [0.1, 0.15) is 5.69 Å². The van der Waals surface area contributed by atoms with Crippen LogP contribution < -0.4 is 10.2 Å². The molecule has 1 aromatic carbocycles. The van der Waals surface area contributed by atoms with Gasteiger partial charge in [-0.3, -0.25) is 4.79 Å². The molecule has 6 nitrogen and oxygen atoms in total. The molecular formula is C23H31N5O. The molecule has 0 saturated carbocycles. The van der Waals surface area contributed by atoms with Gasteiger partial charge in [-0.1, -0.05) is 19.8 Å². The van der Waals surface area contributed by atoms with E-state index in [0.29, 0.717) is 11.6 Å². The fourth-order valence-corrected chi connectivity index (χ4v) is 4.13. The maximum absolute atomic E-state index is 12.8. The Balaban J connectivity index is 1.40. The highest BCUT2D eigenvalue weighted by Crippen LogP contribution is 2.25. The molecule has 4 rings (SSSR count). The van der Waals surface area contributed by atoms with Crippen LogP contribution in [0.5, 0.6) is 0 Å². The molecule has 0 atom stereocenters. The first-order chi connectivity index (χ1) is 14.2. The summed E-state index contributed by atoms with van der Waals surface area (Å²) in [6, 6.07) is 10.1. The molecule has 2 aromatic rings. The van der Waals surface area contributed by atoms with Crippen molar-refractivity contribution in [3.8, 4) is 0 Å². The zero-order valence-corrected chi connectivity index (χ0v) is 17.3. The number of likely N-dealkylation sites (tertiary alicyclic amines) is 1. The summed E-state index contributed by atoms with van der Waals surface area (Å²) in [6.45, 7) is 6.22. The molecule has 154 valence electrons. The first-order valence-electron chi connectivity index (χ1n) is 10.9. The fraction of sp³-hybridized carbons (Fsp3) is 0.522. The third kappa shape index (κ3) is 5.05. The zero-order valence-electron chi connectivity index (χ0n) is 17.3. The van der Waals surface area contributed by atoms with Crippen molar-refractivity contribution in [1.29, 1.82) is 0 Å². The molecule has 1 amide bonds. The van der Waals surface area contributed by atoms with Crippen molar-refractivity contribution in [1.82, 2.24) is 14.9 Å². The quantitative estimate of drug-likeness (QED) is 0.830. The molecule has 0 aliphatic carbocycles. The van der Waals surface area contributed by atoms with Crippen LogP contribution in [-0.2, 0) is 0 Å². The summed E-state index contributed by atoms with van der Waals surface area (Å²) in [5.41, 5.74) is 2.65. The van der Waals surface area contributed by atoms with Crippen LogP contribution in [0.15, 0.2) is 36.5 Å². The second-order valence-electron chi connectivity index (χ2n) is 8.31. The maximum Gasteiger partial charge on any atom is 0.272 e. The van der Waals surface area contributed by atoms with Crippen LogP contribution in [0.25, 0.3) is 0 Å². The van der Waals surface area contributed by atoms with Crippen LogP contribution in [0.2, 0.25) is 0 Å². The Morgan fingerprint density at radius 2 is 1.66 bits per heavy atom. The molecule has 2 fully saturated rings. The smallest absolute Gasteiger partial charge is 0.272 e. The van der Waals surface area contributed by atoms with E-state index in [0.717, 1.165) is 50.6 Å². The summed E-state index contributed by atoms with van der Waals surface area (Å²) in [5.74, 6) is 1.30. The van der Waals surface area contributed by atoms with Crippen LogP contribution in [0.3, 0.4) is 0 Å². The largest absolute Gasteiger partial charge is 0.372 e. The Bertz CT molecular complexity index is 806. The van der Waals surface area contributed by atoms with Crippen LogP contribution in [0.4, 0.5) is 17.3 Å². The van der Waals surface area contributed by atoms with E-state index in [1.54, 1.807) is 12.3 Å². The molecule has 2 saturated heterocycles. The second-order valence-corrected chi connectivity index (χ2v) is 8.31. The number of anilines is 3. The van der Waals surface area contributed by atoms with Gasteiger partial charge in [-0.2, -0.15) is 0 Å². The van der Waals surface area contributed by atoms with Crippen molar-refractivity contribution >= 4 is 23.2 Å². The first-order valence-corrected chi connectivity index (χ1v) is 10.9. The highest BCUT2D eigenvalue weighted by Gasteiger charge is 2.19. The van der Waals surface area contributed by atoms with Crippen molar-refractivity contribution in [3.63, 3.8) is 0 Å². The zero-order chi connectivity index (χ0) is 20.1. The molecule has 1 N–H and O–H groups in total. The van der Waals surface area contributed by atoms with Crippen LogP contribution in [-0.4, -0.2) is 47.0 Å². The second kappa shape index (κ2) is 9.25. The van der Waals surface area contributed by atoms with Gasteiger partial charge in [0.2, 0.25) is 5.95 Å². The molecule has 0 radical (unpaired) electrons. The monoisotopic (exact) mass is 393 g/mol. The number of nitrogens with one attached hydrogen (secondary N) is 1. The van der Waals surface area contributed by atoms with Crippen molar-refractivity contribution in [3.05, 3.63) is 42.2 Å². The van der Waals surface area contributed by atoms with E-state index in [1.807, 2.05) is 4.90 Å². The van der Waals surface area contributed by atoms with Crippen LogP contribution in [0, 0.1) is 5.92 Å². The third-order valence-corrected chi connectivity index (χ3v) is 6.04. The lowest BCUT2D eigenvalue weighted by molar-refractivity contribution is 0.0755. The highest BCUT2D eigenvalue weighted by molar-refractivity contribution is 5.92. The first kappa shape index (κ1) is 19.7. The number of benzene rings is 1. The molecule has 2 aliphatic heterocycles. The summed E-state index contributed by atoms with van der Waals surface area (Å²) in [4.78, 5) is 25.9. The normalized spacial score (nSPS) is 18.4. The molecule has 0 unspecified atom stereocenters. The van der Waals surface area contributed by atoms with E-state index in [4.69, 9.17) is 0 Å². The van der Waals surface area contributed by atoms with Crippen LogP contribution in [0.1, 0.15) is 55.9 Å². The van der Waals surface area contributed by atoms with E-state index >= 15 is 0 Å². The fourth-order valence-electron chi connectivity index (χ4n) is 4.13. The lowest BCUT2D eigenvalue weighted by Gasteiger charge is -2.32. The number of amides is 1. The van der Waals surface area contributed by atoms with Crippen LogP contribution >= 0.6 is 0 Å². The summed E-state index contributed by atoms with van der Waals surface area (Å²) in [7, 11) is 0. The highest BCUT2D eigenvalue weighted by atomic mass is 16.2. The van der Waals surface area contributed by atoms with Crippen molar-refractivity contribution < 1.29 is 4.79 Å². The molecule has 29 heavy (non-hydrogen) atoms. The topological polar surface area (TPSA) is 61.4 Å². The minimum absolute atomic E-state index is 0.00650. The Morgan fingerprint density at radius 1 is 0.966 bits per heavy atom. The summed E-state index contributed by atoms with van der Waals surface area (Å²) in [6.07, 6.45) is 8.72. The molecule has 3 heterocycles. The standard InChI is InChI=1S/C23H31N5O/c1-18-11-16-27(17-12-18)20-8-6-19(7-9-20)25-23-24-13-10-21(26-23)22(29)28-14-4-2-3-5-15-28/h6-10,13,18H,2-5,11-12,14-17H2,1H3,(H,24,25,26). The van der Waals surface area contributed by atoms with Gasteiger partial charge in [0.25, 0.3) is 5.91 Å². The Hall–Kier alpha value is -2.63. The lowest BCUT2D eigenvalue weighted by atomic mass is 9.99. The van der Waals surface area contributed by atoms with E-state index in [1.165, 1.54) is 31.4 Å². The van der Waals surface area contributed by atoms with Gasteiger partial charge in [-0.05, 0) is 61.9 Å². The van der Waals surface area contributed by atoms with Gasteiger partial charge in [-0.25, -0.2) is 9.97 Å². The third-order valence-electron chi connectivity index (χ3n) is 6.04. The number of nitrogens with zero attached hydrogens (tertiary/aromatic N) is 4. The maximum atomic E-state index is 12.8. The lowest BCUT2D eigenvalue weighted by Crippen LogP contribution is -2.32. The van der Waals surface area contributed by atoms with Crippen molar-refractivity contribution in [2.45, 2.75) is 45.4 Å². The Kier molecular flexibility index (Phi) is 6.27. The molecule has 0 spiro atoms. The Labute approximate surface area is 173 Å². The van der Waals surface area contributed by atoms with Gasteiger partial charge in [0.05, 0.1) is 0 Å². The van der Waals surface area contributed by atoms with Gasteiger partial charge in [0.15, 0.2) is 0 Å². The average molecular weight is 394 g/mol. The average Bonchev–Trinajstić information content (AvgIpc) is 3.04. The van der Waals surface area contributed by atoms with Gasteiger partial charge in [0, 0.05) is 43.8 Å². The van der Waals surface area contributed by atoms with E-state index < -0.39 is 0 Å². The SMILES string of the molecule is CC1CCN(c2ccc(Nc3nccc(C(=O)N4CCCCCC4)n3)cc2)CC1. The number of piperidine rings is 1. The van der Waals surface area contributed by atoms with Crippen molar-refractivity contribution in [2.75, 3.05) is 36.4 Å². The number of aromatic nitrogens is 2. The molecule has 0 bridgehead atoms. The molecule has 1 aromatic heterocycles. The predicted molar refractivity (Wildman–Crippen MR) is 117 cm³/mol. The van der Waals surface area contributed by atoms with E-state index in [2.05, 4.69) is 51.4 Å². The summed E-state index contributed by atoms with van der Waals surface area (Å²) < 4.78 is 0. The number of hydrogen-bond acceptors (Lipinski definition) is 5. The summed E-state index contributed by atoms with van der Waals surface area (Å²) in [5, 5.41) is 3.24. The molecule has 6 heteroatoms. The van der Waals surface area contributed by atoms with Crippen molar-refractivity contribution in [2.24, 2.45) is 5.92 Å². The van der Waals surface area contributed by atoms with E-state index in [-0.39, 0.29) is 5.91 Å². The minimum atomic E-state index is 0.00650. The number of hydrogen-bond donors (Lipinski definition) is 1. The Morgan fingerprint density at radius 3 is 2.34 bits per heavy atom. The minimum Gasteiger partial charge on any atom is -0.372 e. The molecule has 2 aliphatic rings. The van der Waals surface area contributed by atoms with Gasteiger partial charge < -0.3 is 15.1 Å². The predicted octanol–water partition coefficient (Wildman–Crippen LogP) is 4.47. The van der Waals surface area contributed by atoms with E-state index in [9.17, 15) is 4.79 Å².